The first kappa shape index (κ1) is 10.4. The molecule has 2 atom stereocenters. The summed E-state index contributed by atoms with van der Waals surface area (Å²) in [6, 6.07) is 0. The lowest BCUT2D eigenvalue weighted by Crippen LogP contribution is -2.39. The van der Waals surface area contributed by atoms with Crippen molar-refractivity contribution in [2.75, 3.05) is 0 Å². The molecule has 0 aromatic rings. The van der Waals surface area contributed by atoms with Gasteiger partial charge in [0, 0.05) is 0 Å². The van der Waals surface area contributed by atoms with Gasteiger partial charge in [0.2, 0.25) is 5.91 Å². The summed E-state index contributed by atoms with van der Waals surface area (Å²) in [5.74, 6) is -0.928. The van der Waals surface area contributed by atoms with Crippen molar-refractivity contribution >= 4 is 5.91 Å². The second-order valence-corrected chi connectivity index (χ2v) is 4.00. The Hall–Kier alpha value is -0.570. The van der Waals surface area contributed by atoms with Gasteiger partial charge in [0.1, 0.15) is 0 Å². The van der Waals surface area contributed by atoms with E-state index >= 15 is 0 Å². The lowest BCUT2D eigenvalue weighted by molar-refractivity contribution is -0.127. The minimum Gasteiger partial charge on any atom is -0.392 e. The molecular weight excluding hydrogens is 142 g/mol. The second kappa shape index (κ2) is 3.22. The molecule has 3 heteroatoms. The van der Waals surface area contributed by atoms with Crippen molar-refractivity contribution in [2.45, 2.75) is 33.8 Å². The zero-order valence-electron chi connectivity index (χ0n) is 7.59. The molecule has 0 aromatic heterocycles. The number of aliphatic hydroxyl groups excluding tert-OH is 1. The average molecular weight is 159 g/mol. The summed E-state index contributed by atoms with van der Waals surface area (Å²) in [7, 11) is 0. The maximum atomic E-state index is 10.6. The predicted octanol–water partition coefficient (Wildman–Crippen LogP) is 0.515. The number of carbonyl (C=O) groups excluding carboxylic acids is 1. The van der Waals surface area contributed by atoms with E-state index in [-0.39, 0.29) is 5.41 Å². The van der Waals surface area contributed by atoms with Gasteiger partial charge in [-0.2, -0.15) is 0 Å². The molecule has 3 nitrogen and oxygen atoms in total. The van der Waals surface area contributed by atoms with Crippen molar-refractivity contribution in [3.63, 3.8) is 0 Å². The number of nitrogens with two attached hydrogens (primary N) is 1. The highest BCUT2D eigenvalue weighted by Gasteiger charge is 2.30. The van der Waals surface area contributed by atoms with Crippen LogP contribution in [0.3, 0.4) is 0 Å². The van der Waals surface area contributed by atoms with Gasteiger partial charge in [-0.1, -0.05) is 27.7 Å². The van der Waals surface area contributed by atoms with Gasteiger partial charge in [0.15, 0.2) is 0 Å². The van der Waals surface area contributed by atoms with E-state index < -0.39 is 17.9 Å². The molecule has 1 amide bonds. The third-order valence-corrected chi connectivity index (χ3v) is 1.81. The molecule has 0 fully saturated rings. The fourth-order valence-corrected chi connectivity index (χ4v) is 0.906. The first-order valence-corrected chi connectivity index (χ1v) is 3.74. The molecule has 0 saturated heterocycles. The Labute approximate surface area is 67.6 Å². The SMILES string of the molecule is C[C@H](C(N)=O)C(O)C(C)(C)C. The molecule has 0 saturated carbocycles. The molecule has 0 aliphatic heterocycles. The van der Waals surface area contributed by atoms with E-state index in [9.17, 15) is 9.90 Å². The molecule has 0 spiro atoms. The minimum atomic E-state index is -0.667. The Morgan fingerprint density at radius 3 is 1.91 bits per heavy atom. The van der Waals surface area contributed by atoms with E-state index in [2.05, 4.69) is 0 Å². The van der Waals surface area contributed by atoms with Crippen molar-refractivity contribution < 1.29 is 9.90 Å². The van der Waals surface area contributed by atoms with Crippen LogP contribution in [-0.4, -0.2) is 17.1 Å². The number of hydrogen-bond donors (Lipinski definition) is 2. The van der Waals surface area contributed by atoms with Crippen LogP contribution in [0.15, 0.2) is 0 Å². The maximum Gasteiger partial charge on any atom is 0.222 e. The monoisotopic (exact) mass is 159 g/mol. The number of carbonyl (C=O) groups is 1. The van der Waals surface area contributed by atoms with E-state index in [1.807, 2.05) is 20.8 Å². The highest BCUT2D eigenvalue weighted by molar-refractivity contribution is 5.76. The van der Waals surface area contributed by atoms with E-state index in [4.69, 9.17) is 5.73 Å². The third kappa shape index (κ3) is 2.89. The summed E-state index contributed by atoms with van der Waals surface area (Å²) in [5.41, 5.74) is 4.75. The fraction of sp³-hybridized carbons (Fsp3) is 0.875. The second-order valence-electron chi connectivity index (χ2n) is 4.00. The van der Waals surface area contributed by atoms with Crippen molar-refractivity contribution in [1.29, 1.82) is 0 Å². The van der Waals surface area contributed by atoms with Crippen LogP contribution in [0, 0.1) is 11.3 Å². The molecule has 0 rings (SSSR count). The molecule has 0 aliphatic carbocycles. The summed E-state index contributed by atoms with van der Waals surface area (Å²) in [6.07, 6.45) is -0.667. The first-order chi connectivity index (χ1) is 4.76. The van der Waals surface area contributed by atoms with Crippen LogP contribution >= 0.6 is 0 Å². The van der Waals surface area contributed by atoms with Gasteiger partial charge < -0.3 is 10.8 Å². The molecule has 0 aromatic carbocycles. The van der Waals surface area contributed by atoms with E-state index in [1.165, 1.54) is 0 Å². The van der Waals surface area contributed by atoms with Crippen molar-refractivity contribution in [1.82, 2.24) is 0 Å². The zero-order chi connectivity index (χ0) is 9.23. The standard InChI is InChI=1S/C8H17NO2/c1-5(7(9)11)6(10)8(2,3)4/h5-6,10H,1-4H3,(H2,9,11)/t5-,6?/m0/s1. The highest BCUT2D eigenvalue weighted by Crippen LogP contribution is 2.24. The van der Waals surface area contributed by atoms with Crippen LogP contribution in [0.5, 0.6) is 0 Å². The topological polar surface area (TPSA) is 63.3 Å². The van der Waals surface area contributed by atoms with Crippen LogP contribution in [-0.2, 0) is 4.79 Å². The summed E-state index contributed by atoms with van der Waals surface area (Å²) in [4.78, 5) is 10.6. The van der Waals surface area contributed by atoms with Crippen LogP contribution in [0.4, 0.5) is 0 Å². The first-order valence-electron chi connectivity index (χ1n) is 3.74. The number of primary amides is 1. The molecule has 1 unspecified atom stereocenters. The van der Waals surface area contributed by atoms with Crippen LogP contribution in [0.1, 0.15) is 27.7 Å². The number of rotatable bonds is 2. The van der Waals surface area contributed by atoms with E-state index in [0.29, 0.717) is 0 Å². The molecule has 0 aliphatic rings. The Kier molecular flexibility index (Phi) is 3.05. The Bertz CT molecular complexity index is 149. The molecule has 0 heterocycles. The Balaban J connectivity index is 4.25. The lowest BCUT2D eigenvalue weighted by atomic mass is 9.82. The van der Waals surface area contributed by atoms with Gasteiger partial charge >= 0.3 is 0 Å². The Morgan fingerprint density at radius 2 is 1.82 bits per heavy atom. The lowest BCUT2D eigenvalue weighted by Gasteiger charge is -2.29. The quantitative estimate of drug-likeness (QED) is 0.616. The minimum absolute atomic E-state index is 0.283. The number of aliphatic hydroxyl groups is 1. The molecular formula is C8H17NO2. The normalized spacial score (nSPS) is 17.5. The third-order valence-electron chi connectivity index (χ3n) is 1.81. The van der Waals surface area contributed by atoms with Gasteiger partial charge in [-0.15, -0.1) is 0 Å². The van der Waals surface area contributed by atoms with Crippen LogP contribution in [0.25, 0.3) is 0 Å². The summed E-state index contributed by atoms with van der Waals surface area (Å²) in [5, 5.41) is 9.52. The van der Waals surface area contributed by atoms with Crippen molar-refractivity contribution in [3.8, 4) is 0 Å². The van der Waals surface area contributed by atoms with Gasteiger partial charge in [0.05, 0.1) is 12.0 Å². The molecule has 11 heavy (non-hydrogen) atoms. The Morgan fingerprint density at radius 1 is 1.45 bits per heavy atom. The largest absolute Gasteiger partial charge is 0.392 e. The maximum absolute atomic E-state index is 10.6. The van der Waals surface area contributed by atoms with E-state index in [1.54, 1.807) is 6.92 Å². The summed E-state index contributed by atoms with van der Waals surface area (Å²) in [6.45, 7) is 7.25. The zero-order valence-corrected chi connectivity index (χ0v) is 7.59. The van der Waals surface area contributed by atoms with Crippen molar-refractivity contribution in [2.24, 2.45) is 17.1 Å². The molecule has 0 bridgehead atoms. The predicted molar refractivity (Wildman–Crippen MR) is 43.8 cm³/mol. The van der Waals surface area contributed by atoms with Gasteiger partial charge in [-0.3, -0.25) is 4.79 Å². The van der Waals surface area contributed by atoms with Crippen LogP contribution in [0.2, 0.25) is 0 Å². The highest BCUT2D eigenvalue weighted by atomic mass is 16.3. The average Bonchev–Trinajstić information content (AvgIpc) is 1.82. The van der Waals surface area contributed by atoms with Crippen molar-refractivity contribution in [3.05, 3.63) is 0 Å². The fourth-order valence-electron chi connectivity index (χ4n) is 0.906. The van der Waals surface area contributed by atoms with E-state index in [0.717, 1.165) is 0 Å². The number of amides is 1. The van der Waals surface area contributed by atoms with Gasteiger partial charge in [-0.05, 0) is 5.41 Å². The summed E-state index contributed by atoms with van der Waals surface area (Å²) < 4.78 is 0. The molecule has 3 N–H and O–H groups in total. The van der Waals surface area contributed by atoms with Gasteiger partial charge in [-0.25, -0.2) is 0 Å². The number of hydrogen-bond acceptors (Lipinski definition) is 2. The molecule has 66 valence electrons. The van der Waals surface area contributed by atoms with Gasteiger partial charge in [0.25, 0.3) is 0 Å². The van der Waals surface area contributed by atoms with Crippen LogP contribution < -0.4 is 5.73 Å². The molecule has 0 radical (unpaired) electrons. The smallest absolute Gasteiger partial charge is 0.222 e. The summed E-state index contributed by atoms with van der Waals surface area (Å²) >= 11 is 0.